The summed E-state index contributed by atoms with van der Waals surface area (Å²) in [6.07, 6.45) is -3.43. The first-order valence-corrected chi connectivity index (χ1v) is 11.6. The summed E-state index contributed by atoms with van der Waals surface area (Å²) >= 11 is 0. The molecule has 0 heterocycles. The third-order valence-corrected chi connectivity index (χ3v) is 6.10. The van der Waals surface area contributed by atoms with Crippen LogP contribution in [-0.2, 0) is 30.3 Å². The van der Waals surface area contributed by atoms with E-state index in [9.17, 15) is 50.1 Å². The van der Waals surface area contributed by atoms with Crippen LogP contribution in [0.15, 0.2) is 42.5 Å². The fourth-order valence-corrected chi connectivity index (χ4v) is 4.00. The fourth-order valence-electron chi connectivity index (χ4n) is 4.00. The predicted molar refractivity (Wildman–Crippen MR) is 129 cm³/mol. The molecule has 0 aliphatic heterocycles. The molecule has 0 amide bonds. The van der Waals surface area contributed by atoms with Crippen LogP contribution in [0.3, 0.4) is 0 Å². The molecule has 0 saturated heterocycles. The minimum atomic E-state index is -2.22. The second-order valence-electron chi connectivity index (χ2n) is 8.96. The van der Waals surface area contributed by atoms with Crippen LogP contribution in [0.25, 0.3) is 6.08 Å². The van der Waals surface area contributed by atoms with Gasteiger partial charge in [-0.1, -0.05) is 18.2 Å². The zero-order chi connectivity index (χ0) is 28.0. The molecule has 12 heteroatoms. The summed E-state index contributed by atoms with van der Waals surface area (Å²) in [5.41, 5.74) is -1.34. The second-order valence-corrected chi connectivity index (χ2v) is 8.96. The number of carbonyl (C=O) groups excluding carboxylic acids is 2. The van der Waals surface area contributed by atoms with E-state index in [0.717, 1.165) is 6.08 Å². The molecule has 3 rings (SSSR count). The summed E-state index contributed by atoms with van der Waals surface area (Å²) in [6.45, 7) is -0.594. The van der Waals surface area contributed by atoms with E-state index in [4.69, 9.17) is 9.47 Å². The molecule has 1 aliphatic rings. The van der Waals surface area contributed by atoms with Gasteiger partial charge in [0.1, 0.15) is 12.7 Å². The molecule has 0 radical (unpaired) electrons. The molecule has 0 aromatic heterocycles. The predicted octanol–water partition coefficient (Wildman–Crippen LogP) is 0.991. The molecule has 2 aromatic carbocycles. The van der Waals surface area contributed by atoms with Gasteiger partial charge in [0.2, 0.25) is 5.60 Å². The van der Waals surface area contributed by atoms with Gasteiger partial charge in [-0.15, -0.1) is 0 Å². The maximum atomic E-state index is 12.5. The maximum absolute atomic E-state index is 12.5. The first-order valence-electron chi connectivity index (χ1n) is 11.6. The van der Waals surface area contributed by atoms with Crippen LogP contribution in [-0.4, -0.2) is 84.0 Å². The molecule has 0 bridgehead atoms. The van der Waals surface area contributed by atoms with Crippen molar-refractivity contribution < 1.29 is 59.6 Å². The number of aliphatic carboxylic acids is 1. The van der Waals surface area contributed by atoms with Crippen LogP contribution in [0.4, 0.5) is 0 Å². The average Bonchev–Trinajstić information content (AvgIpc) is 2.86. The van der Waals surface area contributed by atoms with Crippen molar-refractivity contribution in [1.82, 2.24) is 0 Å². The Hall–Kier alpha value is -4.13. The van der Waals surface area contributed by atoms with Crippen molar-refractivity contribution in [3.63, 3.8) is 0 Å². The van der Waals surface area contributed by atoms with E-state index < -0.39 is 61.1 Å². The van der Waals surface area contributed by atoms with Crippen molar-refractivity contribution in [3.05, 3.63) is 53.6 Å². The van der Waals surface area contributed by atoms with Crippen LogP contribution in [0.2, 0.25) is 0 Å². The SMILES string of the molecule is O=C(/C=C/c1ccc(O)c(O)c1)CO[C@@H]1C[C@@](OC(=O)CCc2ccc(O)c(O)c2)(C(=O)O)C[C@@H](O)[C@@H]1O. The van der Waals surface area contributed by atoms with E-state index in [2.05, 4.69) is 0 Å². The Morgan fingerprint density at radius 2 is 1.58 bits per heavy atom. The largest absolute Gasteiger partial charge is 0.504 e. The molecule has 12 nitrogen and oxygen atoms in total. The summed E-state index contributed by atoms with van der Waals surface area (Å²) in [7, 11) is 0. The number of carboxylic acid groups (broad SMARTS) is 1. The minimum Gasteiger partial charge on any atom is -0.504 e. The lowest BCUT2D eigenvalue weighted by molar-refractivity contribution is -0.209. The molecular weight excluding hydrogens is 504 g/mol. The van der Waals surface area contributed by atoms with Crippen molar-refractivity contribution in [2.24, 2.45) is 0 Å². The van der Waals surface area contributed by atoms with E-state index in [-0.39, 0.29) is 35.8 Å². The topological polar surface area (TPSA) is 211 Å². The highest BCUT2D eigenvalue weighted by Crippen LogP contribution is 2.35. The quantitative estimate of drug-likeness (QED) is 0.130. The molecule has 0 unspecified atom stereocenters. The molecule has 2 aromatic rings. The Morgan fingerprint density at radius 1 is 0.921 bits per heavy atom. The van der Waals surface area contributed by atoms with E-state index in [1.54, 1.807) is 0 Å². The Kier molecular flexibility index (Phi) is 8.94. The number of rotatable bonds is 10. The molecule has 0 spiro atoms. The Bertz CT molecular complexity index is 1220. The lowest BCUT2D eigenvalue weighted by Gasteiger charge is -2.41. The maximum Gasteiger partial charge on any atom is 0.348 e. The number of hydrogen-bond acceptors (Lipinski definition) is 11. The molecule has 7 N–H and O–H groups in total. The van der Waals surface area contributed by atoms with Crippen LogP contribution in [0, 0.1) is 0 Å². The van der Waals surface area contributed by atoms with Crippen LogP contribution >= 0.6 is 0 Å². The fraction of sp³-hybridized carbons (Fsp3) is 0.346. The molecule has 1 aliphatic carbocycles. The number of ether oxygens (including phenoxy) is 2. The summed E-state index contributed by atoms with van der Waals surface area (Å²) < 4.78 is 10.6. The van der Waals surface area contributed by atoms with E-state index >= 15 is 0 Å². The van der Waals surface area contributed by atoms with Crippen molar-refractivity contribution >= 4 is 23.8 Å². The van der Waals surface area contributed by atoms with Crippen molar-refractivity contribution in [2.45, 2.75) is 49.6 Å². The highest BCUT2D eigenvalue weighted by Gasteiger charge is 2.53. The highest BCUT2D eigenvalue weighted by atomic mass is 16.6. The van der Waals surface area contributed by atoms with Gasteiger partial charge in [-0.05, 0) is 47.9 Å². The van der Waals surface area contributed by atoms with Gasteiger partial charge < -0.3 is 45.2 Å². The van der Waals surface area contributed by atoms with Gasteiger partial charge in [0.25, 0.3) is 0 Å². The number of aliphatic hydroxyl groups is 2. The zero-order valence-electron chi connectivity index (χ0n) is 20.1. The zero-order valence-corrected chi connectivity index (χ0v) is 20.1. The van der Waals surface area contributed by atoms with Crippen molar-refractivity contribution in [1.29, 1.82) is 0 Å². The Morgan fingerprint density at radius 3 is 2.21 bits per heavy atom. The molecule has 204 valence electrons. The Labute approximate surface area is 216 Å². The molecular formula is C26H28O12. The third kappa shape index (κ3) is 7.00. The van der Waals surface area contributed by atoms with E-state index in [1.165, 1.54) is 42.5 Å². The number of benzene rings is 2. The van der Waals surface area contributed by atoms with Crippen LogP contribution in [0.1, 0.15) is 30.4 Å². The highest BCUT2D eigenvalue weighted by molar-refractivity contribution is 5.94. The number of aryl methyl sites for hydroxylation is 1. The number of aliphatic hydroxyl groups excluding tert-OH is 2. The molecule has 38 heavy (non-hydrogen) atoms. The number of esters is 1. The number of hydrogen-bond donors (Lipinski definition) is 7. The van der Waals surface area contributed by atoms with Gasteiger partial charge in [-0.3, -0.25) is 9.59 Å². The summed E-state index contributed by atoms with van der Waals surface area (Å²) in [6, 6.07) is 7.85. The number of aromatic hydroxyl groups is 4. The second kappa shape index (κ2) is 11.9. The van der Waals surface area contributed by atoms with Gasteiger partial charge in [-0.2, -0.15) is 0 Å². The van der Waals surface area contributed by atoms with Gasteiger partial charge in [0.05, 0.1) is 12.2 Å². The van der Waals surface area contributed by atoms with E-state index in [1.807, 2.05) is 0 Å². The van der Waals surface area contributed by atoms with Gasteiger partial charge in [0.15, 0.2) is 28.8 Å². The number of carbonyl (C=O) groups is 3. The van der Waals surface area contributed by atoms with Gasteiger partial charge in [-0.25, -0.2) is 4.79 Å². The monoisotopic (exact) mass is 532 g/mol. The molecule has 4 atom stereocenters. The number of carboxylic acids is 1. The summed E-state index contributed by atoms with van der Waals surface area (Å²) in [5, 5.41) is 68.3. The average molecular weight is 532 g/mol. The Balaban J connectivity index is 1.62. The number of phenols is 4. The molecule has 1 fully saturated rings. The first-order chi connectivity index (χ1) is 17.9. The lowest BCUT2D eigenvalue weighted by atomic mass is 9.79. The van der Waals surface area contributed by atoms with Crippen molar-refractivity contribution in [3.8, 4) is 23.0 Å². The number of ketones is 1. The third-order valence-electron chi connectivity index (χ3n) is 6.10. The minimum absolute atomic E-state index is 0.0626. The van der Waals surface area contributed by atoms with Gasteiger partial charge in [0, 0.05) is 19.3 Å². The van der Waals surface area contributed by atoms with E-state index in [0.29, 0.717) is 11.1 Å². The smallest absolute Gasteiger partial charge is 0.348 e. The summed E-state index contributed by atoms with van der Waals surface area (Å²) in [5.74, 6) is -4.49. The van der Waals surface area contributed by atoms with Crippen LogP contribution in [0.5, 0.6) is 23.0 Å². The van der Waals surface area contributed by atoms with Crippen LogP contribution < -0.4 is 0 Å². The van der Waals surface area contributed by atoms with Gasteiger partial charge >= 0.3 is 11.9 Å². The summed E-state index contributed by atoms with van der Waals surface area (Å²) in [4.78, 5) is 36.8. The lowest BCUT2D eigenvalue weighted by Crippen LogP contribution is -2.58. The number of phenolic OH excluding ortho intramolecular Hbond substituents is 4. The molecule has 1 saturated carbocycles. The first kappa shape index (κ1) is 28.4. The normalized spacial score (nSPS) is 23.3. The standard InChI is InChI=1S/C26H28O12/c27-16(5-1-14-2-6-17(28)19(30)9-14)13-37-22-12-26(25(35)36,11-21(32)24(22)34)38-23(33)8-4-15-3-7-18(29)20(31)10-15/h1-3,5-7,9-10,21-22,24,28-32,34H,4,8,11-13H2,(H,35,36)/b5-1+/t21-,22-,24+,26-/m1/s1. The van der Waals surface area contributed by atoms with Crippen molar-refractivity contribution in [2.75, 3.05) is 6.61 Å².